The molecule has 6 aromatic rings. The van der Waals surface area contributed by atoms with Gasteiger partial charge in [0.1, 0.15) is 18.3 Å². The van der Waals surface area contributed by atoms with Crippen LogP contribution >= 0.6 is 11.8 Å². The highest BCUT2D eigenvalue weighted by atomic mass is 32.2. The van der Waals surface area contributed by atoms with Crippen molar-refractivity contribution in [1.29, 1.82) is 0 Å². The first kappa shape index (κ1) is 36.0. The molecule has 6 heteroatoms. The lowest BCUT2D eigenvalue weighted by Crippen LogP contribution is -2.54. The fraction of sp³-hybridized carbons (Fsp3) is 0.261. The molecule has 1 fully saturated rings. The highest BCUT2D eigenvalue weighted by molar-refractivity contribution is 8.00. The van der Waals surface area contributed by atoms with Crippen molar-refractivity contribution in [2.24, 2.45) is 7.05 Å². The van der Waals surface area contributed by atoms with E-state index in [1.54, 1.807) is 0 Å². The molecule has 0 spiro atoms. The van der Waals surface area contributed by atoms with Gasteiger partial charge in [-0.3, -0.25) is 0 Å². The summed E-state index contributed by atoms with van der Waals surface area (Å²) in [6.07, 6.45) is 1.98. The molecule has 0 N–H and O–H groups in total. The highest BCUT2D eigenvalue weighted by Crippen LogP contribution is 2.47. The number of benzene rings is 5. The van der Waals surface area contributed by atoms with Crippen molar-refractivity contribution in [3.63, 3.8) is 0 Å². The second-order valence-electron chi connectivity index (χ2n) is 13.4. The van der Waals surface area contributed by atoms with Crippen molar-refractivity contribution >= 4 is 11.8 Å². The first-order valence-electron chi connectivity index (χ1n) is 18.1. The maximum Gasteiger partial charge on any atom is 0.113 e. The summed E-state index contributed by atoms with van der Waals surface area (Å²) in [5, 5.41) is -0.0500. The monoisotopic (exact) mass is 709 g/mol. The van der Waals surface area contributed by atoms with Crippen LogP contribution in [0.15, 0.2) is 164 Å². The Labute approximate surface area is 312 Å². The van der Waals surface area contributed by atoms with Crippen LogP contribution in [0.1, 0.15) is 44.3 Å². The molecule has 7 rings (SSSR count). The van der Waals surface area contributed by atoms with E-state index in [-0.39, 0.29) is 28.8 Å². The molecule has 266 valence electrons. The Hall–Kier alpha value is -4.43. The quantitative estimate of drug-likeness (QED) is 0.100. The third-order valence-electron chi connectivity index (χ3n) is 9.60. The molecule has 1 aliphatic rings. The lowest BCUT2D eigenvalue weighted by molar-refractivity contribution is -0.160. The van der Waals surface area contributed by atoms with E-state index in [2.05, 4.69) is 151 Å². The molecule has 1 aromatic heterocycles. The lowest BCUT2D eigenvalue weighted by atomic mass is 9.94. The van der Waals surface area contributed by atoms with Gasteiger partial charge >= 0.3 is 0 Å². The first-order chi connectivity index (χ1) is 25.7. The van der Waals surface area contributed by atoms with Crippen LogP contribution in [0, 0.1) is 0 Å². The standard InChI is InChI=1S/C46H47NO4S/c1-47-27-15-26-41(47)29-39-24-14-25-40(28-39)46-45(51-33-38-22-12-5-13-23-38)44(50-32-37-20-10-4-11-21-37)43(49-31-36-18-8-3-9-19-36)42(52-46)34-48-30-35-16-6-2-7-17-35/h2-28,42-46H,29-34H2,1H3/t42?,43-,44?,45-,46?/m1/s1. The predicted octanol–water partition coefficient (Wildman–Crippen LogP) is 9.75. The van der Waals surface area contributed by atoms with E-state index in [9.17, 15) is 0 Å². The van der Waals surface area contributed by atoms with Crippen molar-refractivity contribution in [2.45, 2.75) is 61.7 Å². The van der Waals surface area contributed by atoms with Gasteiger partial charge in [-0.2, -0.15) is 0 Å². The number of aryl methyl sites for hydroxylation is 1. The van der Waals surface area contributed by atoms with E-state index in [4.69, 9.17) is 18.9 Å². The van der Waals surface area contributed by atoms with Crippen LogP contribution in [-0.2, 0) is 58.8 Å². The number of aromatic nitrogens is 1. The normalized spacial score (nSPS) is 20.1. The van der Waals surface area contributed by atoms with Gasteiger partial charge < -0.3 is 23.5 Å². The number of nitrogens with zero attached hydrogens (tertiary/aromatic N) is 1. The van der Waals surface area contributed by atoms with Gasteiger partial charge in [0.15, 0.2) is 0 Å². The number of thioether (sulfide) groups is 1. The highest BCUT2D eigenvalue weighted by Gasteiger charge is 2.48. The van der Waals surface area contributed by atoms with E-state index < -0.39 is 0 Å². The summed E-state index contributed by atoms with van der Waals surface area (Å²) in [5.41, 5.74) is 8.27. The second-order valence-corrected chi connectivity index (χ2v) is 14.8. The lowest BCUT2D eigenvalue weighted by Gasteiger charge is -2.46. The van der Waals surface area contributed by atoms with Crippen LogP contribution in [0.3, 0.4) is 0 Å². The number of ether oxygens (including phenoxy) is 4. The van der Waals surface area contributed by atoms with E-state index in [1.165, 1.54) is 16.8 Å². The zero-order chi connectivity index (χ0) is 35.4. The number of rotatable bonds is 16. The van der Waals surface area contributed by atoms with E-state index >= 15 is 0 Å². The summed E-state index contributed by atoms with van der Waals surface area (Å²) in [6.45, 7) is 2.43. The summed E-state index contributed by atoms with van der Waals surface area (Å²) >= 11 is 1.89. The van der Waals surface area contributed by atoms with E-state index in [0.717, 1.165) is 28.7 Å². The maximum atomic E-state index is 7.04. The van der Waals surface area contributed by atoms with Gasteiger partial charge in [-0.05, 0) is 45.5 Å². The van der Waals surface area contributed by atoms with Crippen molar-refractivity contribution < 1.29 is 18.9 Å². The Morgan fingerprint density at radius 2 is 1.00 bits per heavy atom. The van der Waals surface area contributed by atoms with Gasteiger partial charge in [0.2, 0.25) is 0 Å². The van der Waals surface area contributed by atoms with Crippen LogP contribution in [0.4, 0.5) is 0 Å². The molecule has 0 bridgehead atoms. The van der Waals surface area contributed by atoms with Crippen LogP contribution in [-0.4, -0.2) is 34.7 Å². The minimum Gasteiger partial charge on any atom is -0.376 e. The Balaban J connectivity index is 1.24. The van der Waals surface area contributed by atoms with Crippen LogP contribution in [0.5, 0.6) is 0 Å². The zero-order valence-electron chi connectivity index (χ0n) is 29.7. The summed E-state index contributed by atoms with van der Waals surface area (Å²) in [5.74, 6) is 0. The molecule has 5 atom stereocenters. The average molecular weight is 710 g/mol. The molecule has 5 aromatic carbocycles. The fourth-order valence-electron chi connectivity index (χ4n) is 6.83. The van der Waals surface area contributed by atoms with E-state index in [1.807, 2.05) is 36.0 Å². The molecule has 0 aliphatic carbocycles. The second kappa shape index (κ2) is 18.4. The maximum absolute atomic E-state index is 7.04. The molecule has 5 nitrogen and oxygen atoms in total. The Kier molecular flexibility index (Phi) is 12.7. The Bertz CT molecular complexity index is 1920. The number of hydrogen-bond donors (Lipinski definition) is 0. The predicted molar refractivity (Wildman–Crippen MR) is 210 cm³/mol. The van der Waals surface area contributed by atoms with Crippen LogP contribution in [0.2, 0.25) is 0 Å². The van der Waals surface area contributed by atoms with Crippen molar-refractivity contribution in [1.82, 2.24) is 4.57 Å². The zero-order valence-corrected chi connectivity index (χ0v) is 30.5. The largest absolute Gasteiger partial charge is 0.376 e. The molecule has 52 heavy (non-hydrogen) atoms. The van der Waals surface area contributed by atoms with E-state index in [0.29, 0.717) is 33.0 Å². The smallest absolute Gasteiger partial charge is 0.113 e. The molecule has 0 amide bonds. The third-order valence-corrected chi connectivity index (χ3v) is 11.2. The molecule has 0 radical (unpaired) electrons. The average Bonchev–Trinajstić information content (AvgIpc) is 3.60. The van der Waals surface area contributed by atoms with Gasteiger partial charge in [-0.15, -0.1) is 11.8 Å². The van der Waals surface area contributed by atoms with Gasteiger partial charge in [0.05, 0.1) is 43.5 Å². The minimum atomic E-state index is -0.374. The molecular weight excluding hydrogens is 663 g/mol. The van der Waals surface area contributed by atoms with Crippen molar-refractivity contribution in [2.75, 3.05) is 6.61 Å². The van der Waals surface area contributed by atoms with Crippen molar-refractivity contribution in [3.05, 3.63) is 203 Å². The summed E-state index contributed by atoms with van der Waals surface area (Å²) in [4.78, 5) is 0. The molecule has 1 aliphatic heterocycles. The van der Waals surface area contributed by atoms with Crippen molar-refractivity contribution in [3.8, 4) is 0 Å². The Morgan fingerprint density at radius 3 is 1.54 bits per heavy atom. The van der Waals surface area contributed by atoms with Gasteiger partial charge in [0, 0.05) is 25.4 Å². The SMILES string of the molecule is Cn1cccc1Cc1cccc(C2SC(COCc3ccccc3)[C@@H](OCc3ccccc3)C(OCc3ccccc3)[C@H]2OCc2ccccc2)c1. The van der Waals surface area contributed by atoms with Crippen LogP contribution in [0.25, 0.3) is 0 Å². The first-order valence-corrected chi connectivity index (χ1v) is 19.1. The van der Waals surface area contributed by atoms with Gasteiger partial charge in [-0.1, -0.05) is 146 Å². The molecule has 3 unspecified atom stereocenters. The molecular formula is C46H47NO4S. The summed E-state index contributed by atoms with van der Waals surface area (Å²) < 4.78 is 29.7. The number of hydrogen-bond acceptors (Lipinski definition) is 5. The van der Waals surface area contributed by atoms with Gasteiger partial charge in [-0.25, -0.2) is 0 Å². The molecule has 1 saturated heterocycles. The van der Waals surface area contributed by atoms with Gasteiger partial charge in [0.25, 0.3) is 0 Å². The van der Waals surface area contributed by atoms with Crippen LogP contribution < -0.4 is 0 Å². The third kappa shape index (κ3) is 9.71. The minimum absolute atomic E-state index is 0.0219. The summed E-state index contributed by atoms with van der Waals surface area (Å²) in [6, 6.07) is 54.8. The Morgan fingerprint density at radius 1 is 0.500 bits per heavy atom. The molecule has 0 saturated carbocycles. The molecule has 2 heterocycles. The fourth-order valence-corrected chi connectivity index (χ4v) is 8.46. The summed E-state index contributed by atoms with van der Waals surface area (Å²) in [7, 11) is 2.11. The topological polar surface area (TPSA) is 41.9 Å².